The Morgan fingerprint density at radius 2 is 2.16 bits per heavy atom. The second-order valence-corrected chi connectivity index (χ2v) is 5.36. The highest BCUT2D eigenvalue weighted by molar-refractivity contribution is 5.48. The molecule has 1 aliphatic rings. The molecular weight excluding hydrogens is 234 g/mol. The minimum atomic E-state index is 1.08. The zero-order chi connectivity index (χ0) is 13.5. The van der Waals surface area contributed by atoms with Crippen LogP contribution in [-0.4, -0.2) is 50.7 Å². The molecule has 3 heteroatoms. The Bertz CT molecular complexity index is 370. The average Bonchev–Trinajstić information content (AvgIpc) is 2.68. The molecule has 0 bridgehead atoms. The van der Waals surface area contributed by atoms with E-state index in [0.29, 0.717) is 0 Å². The van der Waals surface area contributed by atoms with Gasteiger partial charge in [-0.1, -0.05) is 12.1 Å². The van der Waals surface area contributed by atoms with Crippen LogP contribution in [0.4, 0.5) is 5.69 Å². The lowest BCUT2D eigenvalue weighted by atomic mass is 10.2. The highest BCUT2D eigenvalue weighted by Gasteiger charge is 2.10. The summed E-state index contributed by atoms with van der Waals surface area (Å²) >= 11 is 0. The second-order valence-electron chi connectivity index (χ2n) is 5.36. The highest BCUT2D eigenvalue weighted by atomic mass is 15.2. The van der Waals surface area contributed by atoms with Crippen LogP contribution in [0, 0.1) is 6.92 Å². The number of aryl methyl sites for hydroxylation is 1. The molecule has 0 radical (unpaired) electrons. The highest BCUT2D eigenvalue weighted by Crippen LogP contribution is 2.15. The number of hydrogen-bond acceptors (Lipinski definition) is 3. The number of benzene rings is 1. The number of rotatable bonds is 5. The average molecular weight is 261 g/mol. The first kappa shape index (κ1) is 14.4. The smallest absolute Gasteiger partial charge is 0.0369 e. The van der Waals surface area contributed by atoms with E-state index in [2.05, 4.69) is 53.2 Å². The van der Waals surface area contributed by atoms with Crippen molar-refractivity contribution in [2.45, 2.75) is 20.3 Å². The first-order valence-corrected chi connectivity index (χ1v) is 7.54. The van der Waals surface area contributed by atoms with Gasteiger partial charge in [0, 0.05) is 38.4 Å². The number of anilines is 1. The normalized spacial score (nSPS) is 17.2. The van der Waals surface area contributed by atoms with Gasteiger partial charge in [-0.25, -0.2) is 0 Å². The van der Waals surface area contributed by atoms with Crippen molar-refractivity contribution in [2.75, 3.05) is 50.7 Å². The Hall–Kier alpha value is -1.06. The predicted molar refractivity (Wildman–Crippen MR) is 83.0 cm³/mol. The van der Waals surface area contributed by atoms with Crippen LogP contribution in [-0.2, 0) is 0 Å². The van der Waals surface area contributed by atoms with Crippen molar-refractivity contribution in [3.63, 3.8) is 0 Å². The zero-order valence-electron chi connectivity index (χ0n) is 12.4. The first-order valence-electron chi connectivity index (χ1n) is 7.54. The van der Waals surface area contributed by atoms with E-state index in [4.69, 9.17) is 0 Å². The van der Waals surface area contributed by atoms with Crippen LogP contribution in [0.2, 0.25) is 0 Å². The van der Waals surface area contributed by atoms with Gasteiger partial charge in [-0.15, -0.1) is 0 Å². The van der Waals surface area contributed by atoms with Gasteiger partial charge >= 0.3 is 0 Å². The van der Waals surface area contributed by atoms with Crippen molar-refractivity contribution in [3.8, 4) is 0 Å². The van der Waals surface area contributed by atoms with Crippen LogP contribution in [0.3, 0.4) is 0 Å². The summed E-state index contributed by atoms with van der Waals surface area (Å²) in [5.41, 5.74) is 2.70. The summed E-state index contributed by atoms with van der Waals surface area (Å²) in [5, 5.41) is 3.46. The number of hydrogen-bond donors (Lipinski definition) is 1. The number of nitrogens with one attached hydrogen (secondary N) is 1. The van der Waals surface area contributed by atoms with Gasteiger partial charge in [-0.3, -0.25) is 0 Å². The van der Waals surface area contributed by atoms with Gasteiger partial charge in [0.05, 0.1) is 0 Å². The summed E-state index contributed by atoms with van der Waals surface area (Å²) in [4.78, 5) is 5.06. The van der Waals surface area contributed by atoms with Gasteiger partial charge < -0.3 is 15.1 Å². The van der Waals surface area contributed by atoms with E-state index in [1.807, 2.05) is 0 Å². The molecule has 0 atom stereocenters. The van der Waals surface area contributed by atoms with Gasteiger partial charge in [-0.05, 0) is 51.1 Å². The van der Waals surface area contributed by atoms with Gasteiger partial charge in [0.25, 0.3) is 0 Å². The molecule has 1 aromatic rings. The monoisotopic (exact) mass is 261 g/mol. The molecule has 1 saturated heterocycles. The first-order chi connectivity index (χ1) is 9.29. The Kier molecular flexibility index (Phi) is 5.67. The van der Waals surface area contributed by atoms with Gasteiger partial charge in [0.2, 0.25) is 0 Å². The Morgan fingerprint density at radius 3 is 2.95 bits per heavy atom. The van der Waals surface area contributed by atoms with Crippen LogP contribution in [0.15, 0.2) is 24.3 Å². The Labute approximate surface area is 117 Å². The molecule has 0 spiro atoms. The fourth-order valence-electron chi connectivity index (χ4n) is 2.68. The SMILES string of the molecule is CCN(CCN1CCCNCC1)c1cccc(C)c1. The van der Waals surface area contributed by atoms with Crippen molar-refractivity contribution in [2.24, 2.45) is 0 Å². The van der Waals surface area contributed by atoms with E-state index in [0.717, 1.165) is 19.6 Å². The third kappa shape index (κ3) is 4.51. The van der Waals surface area contributed by atoms with Crippen LogP contribution < -0.4 is 10.2 Å². The molecule has 2 rings (SSSR count). The minimum Gasteiger partial charge on any atom is -0.371 e. The molecule has 106 valence electrons. The standard InChI is InChI=1S/C16H27N3/c1-3-19(16-7-4-6-15(2)14-16)13-12-18-10-5-8-17-9-11-18/h4,6-7,14,17H,3,5,8-13H2,1-2H3. The van der Waals surface area contributed by atoms with Crippen LogP contribution in [0.5, 0.6) is 0 Å². The summed E-state index contributed by atoms with van der Waals surface area (Å²) < 4.78 is 0. The van der Waals surface area contributed by atoms with Crippen LogP contribution in [0.25, 0.3) is 0 Å². The van der Waals surface area contributed by atoms with E-state index in [1.165, 1.54) is 43.9 Å². The topological polar surface area (TPSA) is 18.5 Å². The lowest BCUT2D eigenvalue weighted by Gasteiger charge is -2.27. The van der Waals surface area contributed by atoms with Crippen molar-refractivity contribution < 1.29 is 0 Å². The van der Waals surface area contributed by atoms with E-state index >= 15 is 0 Å². The molecule has 0 unspecified atom stereocenters. The van der Waals surface area contributed by atoms with E-state index in [9.17, 15) is 0 Å². The maximum absolute atomic E-state index is 3.46. The van der Waals surface area contributed by atoms with Crippen molar-refractivity contribution in [1.29, 1.82) is 0 Å². The Balaban J connectivity index is 1.88. The summed E-state index contributed by atoms with van der Waals surface area (Å²) in [6.07, 6.45) is 1.27. The largest absolute Gasteiger partial charge is 0.371 e. The summed E-state index contributed by atoms with van der Waals surface area (Å²) in [7, 11) is 0. The Morgan fingerprint density at radius 1 is 1.26 bits per heavy atom. The molecule has 0 amide bonds. The molecule has 1 aromatic carbocycles. The van der Waals surface area contributed by atoms with Crippen molar-refractivity contribution >= 4 is 5.69 Å². The number of nitrogens with zero attached hydrogens (tertiary/aromatic N) is 2. The third-order valence-electron chi connectivity index (χ3n) is 3.87. The number of likely N-dealkylation sites (N-methyl/N-ethyl adjacent to an activating group) is 1. The maximum Gasteiger partial charge on any atom is 0.0369 e. The summed E-state index contributed by atoms with van der Waals surface area (Å²) in [5.74, 6) is 0. The molecule has 19 heavy (non-hydrogen) atoms. The second kappa shape index (κ2) is 7.51. The molecule has 0 aromatic heterocycles. The van der Waals surface area contributed by atoms with Gasteiger partial charge in [-0.2, -0.15) is 0 Å². The van der Waals surface area contributed by atoms with Crippen molar-refractivity contribution in [3.05, 3.63) is 29.8 Å². The maximum atomic E-state index is 3.46. The lowest BCUT2D eigenvalue weighted by Crippen LogP contribution is -2.37. The predicted octanol–water partition coefficient (Wildman–Crippen LogP) is 2.12. The third-order valence-corrected chi connectivity index (χ3v) is 3.87. The van der Waals surface area contributed by atoms with Crippen LogP contribution in [0.1, 0.15) is 18.9 Å². The molecule has 1 fully saturated rings. The zero-order valence-corrected chi connectivity index (χ0v) is 12.4. The van der Waals surface area contributed by atoms with Crippen LogP contribution >= 0.6 is 0 Å². The molecule has 3 nitrogen and oxygen atoms in total. The fraction of sp³-hybridized carbons (Fsp3) is 0.625. The van der Waals surface area contributed by atoms with E-state index < -0.39 is 0 Å². The van der Waals surface area contributed by atoms with Gasteiger partial charge in [0.15, 0.2) is 0 Å². The molecule has 1 aliphatic heterocycles. The quantitative estimate of drug-likeness (QED) is 0.876. The summed E-state index contributed by atoms with van der Waals surface area (Å²) in [6.45, 7) is 12.5. The van der Waals surface area contributed by atoms with Gasteiger partial charge in [0.1, 0.15) is 0 Å². The van der Waals surface area contributed by atoms with E-state index in [1.54, 1.807) is 0 Å². The van der Waals surface area contributed by atoms with Crippen molar-refractivity contribution in [1.82, 2.24) is 10.2 Å². The molecule has 1 N–H and O–H groups in total. The fourth-order valence-corrected chi connectivity index (χ4v) is 2.68. The molecular formula is C16H27N3. The summed E-state index contributed by atoms with van der Waals surface area (Å²) in [6, 6.07) is 8.83. The molecule has 1 heterocycles. The minimum absolute atomic E-state index is 1.08. The molecule has 0 aliphatic carbocycles. The van der Waals surface area contributed by atoms with E-state index in [-0.39, 0.29) is 0 Å². The molecule has 0 saturated carbocycles. The lowest BCUT2D eigenvalue weighted by molar-refractivity contribution is 0.298.